The molecule has 2 aromatic rings. The van der Waals surface area contributed by atoms with Gasteiger partial charge in [0.2, 0.25) is 0 Å². The first-order valence-electron chi connectivity index (χ1n) is 7.75. The normalized spacial score (nSPS) is 18.8. The highest BCUT2D eigenvalue weighted by Crippen LogP contribution is 2.21. The third-order valence-electron chi connectivity index (χ3n) is 4.18. The van der Waals surface area contributed by atoms with Crippen molar-refractivity contribution in [3.8, 4) is 0 Å². The Morgan fingerprint density at radius 1 is 1.13 bits per heavy atom. The lowest BCUT2D eigenvalue weighted by Gasteiger charge is -2.41. The lowest BCUT2D eigenvalue weighted by Crippen LogP contribution is -2.57. The Morgan fingerprint density at radius 2 is 1.91 bits per heavy atom. The van der Waals surface area contributed by atoms with Crippen LogP contribution in [0.15, 0.2) is 54.6 Å². The number of nitrogens with two attached hydrogens (primary N) is 1. The van der Waals surface area contributed by atoms with Gasteiger partial charge in [0, 0.05) is 31.9 Å². The molecule has 1 heterocycles. The van der Waals surface area contributed by atoms with Crippen molar-refractivity contribution in [1.29, 1.82) is 0 Å². The molecular formula is C18H21N3O2. The number of hydrogen-bond acceptors (Lipinski definition) is 4. The van der Waals surface area contributed by atoms with Crippen molar-refractivity contribution in [3.63, 3.8) is 0 Å². The highest BCUT2D eigenvalue weighted by atomic mass is 16.4. The van der Waals surface area contributed by atoms with Crippen LogP contribution in [-0.2, 0) is 6.54 Å². The number of carboxylic acid groups (broad SMARTS) is 1. The summed E-state index contributed by atoms with van der Waals surface area (Å²) in [5, 5.41) is 9.12. The van der Waals surface area contributed by atoms with Gasteiger partial charge in [0.1, 0.15) is 0 Å². The number of nitrogens with zero attached hydrogens (tertiary/aromatic N) is 2. The fourth-order valence-corrected chi connectivity index (χ4v) is 2.99. The Balaban J connectivity index is 1.67. The molecule has 1 atom stereocenters. The Morgan fingerprint density at radius 3 is 2.61 bits per heavy atom. The topological polar surface area (TPSA) is 69.8 Å². The summed E-state index contributed by atoms with van der Waals surface area (Å²) in [5.41, 5.74) is 8.76. The van der Waals surface area contributed by atoms with E-state index < -0.39 is 5.97 Å². The van der Waals surface area contributed by atoms with Crippen LogP contribution in [0.4, 0.5) is 5.69 Å². The van der Waals surface area contributed by atoms with Crippen molar-refractivity contribution in [2.45, 2.75) is 12.7 Å². The van der Waals surface area contributed by atoms with Crippen LogP contribution in [0.25, 0.3) is 0 Å². The minimum atomic E-state index is -0.914. The number of aromatic carboxylic acids is 1. The summed E-state index contributed by atoms with van der Waals surface area (Å²) in [4.78, 5) is 15.5. The lowest BCUT2D eigenvalue weighted by atomic mass is 10.1. The van der Waals surface area contributed by atoms with Gasteiger partial charge in [-0.1, -0.05) is 36.4 Å². The second-order valence-corrected chi connectivity index (χ2v) is 5.84. The maximum atomic E-state index is 11.1. The molecule has 5 heteroatoms. The Bertz CT molecular complexity index is 675. The quantitative estimate of drug-likeness (QED) is 0.904. The molecule has 0 aliphatic carbocycles. The fourth-order valence-electron chi connectivity index (χ4n) is 2.99. The molecule has 0 aromatic heterocycles. The van der Waals surface area contributed by atoms with Crippen molar-refractivity contribution in [2.24, 2.45) is 5.73 Å². The van der Waals surface area contributed by atoms with E-state index in [0.717, 1.165) is 31.9 Å². The Hall–Kier alpha value is -2.37. The SMILES string of the molecule is NC1CN(Cc2ccccc2)CCN1c1cccc(C(=O)O)c1. The van der Waals surface area contributed by atoms with Crippen LogP contribution in [0.3, 0.4) is 0 Å². The third-order valence-corrected chi connectivity index (χ3v) is 4.18. The number of carboxylic acids is 1. The van der Waals surface area contributed by atoms with E-state index in [-0.39, 0.29) is 6.17 Å². The number of rotatable bonds is 4. The van der Waals surface area contributed by atoms with Crippen molar-refractivity contribution >= 4 is 11.7 Å². The molecule has 23 heavy (non-hydrogen) atoms. The third kappa shape index (κ3) is 3.70. The fraction of sp³-hybridized carbons (Fsp3) is 0.278. The van der Waals surface area contributed by atoms with Gasteiger partial charge >= 0.3 is 5.97 Å². The van der Waals surface area contributed by atoms with Crippen molar-refractivity contribution in [3.05, 3.63) is 65.7 Å². The van der Waals surface area contributed by atoms with E-state index in [2.05, 4.69) is 21.9 Å². The molecular weight excluding hydrogens is 290 g/mol. The molecule has 2 aromatic carbocycles. The summed E-state index contributed by atoms with van der Waals surface area (Å²) in [6.45, 7) is 3.33. The van der Waals surface area contributed by atoms with Crippen LogP contribution in [0, 0.1) is 0 Å². The van der Waals surface area contributed by atoms with E-state index in [1.807, 2.05) is 24.3 Å². The van der Waals surface area contributed by atoms with Crippen LogP contribution in [0.5, 0.6) is 0 Å². The minimum absolute atomic E-state index is 0.142. The molecule has 1 fully saturated rings. The van der Waals surface area contributed by atoms with Crippen LogP contribution < -0.4 is 10.6 Å². The van der Waals surface area contributed by atoms with E-state index in [0.29, 0.717) is 5.56 Å². The number of carbonyl (C=O) groups is 1. The largest absolute Gasteiger partial charge is 0.478 e. The Kier molecular flexibility index (Phi) is 4.60. The Labute approximate surface area is 135 Å². The molecule has 5 nitrogen and oxygen atoms in total. The first-order chi connectivity index (χ1) is 11.1. The van der Waals surface area contributed by atoms with Crippen molar-refractivity contribution in [1.82, 2.24) is 4.90 Å². The summed E-state index contributed by atoms with van der Waals surface area (Å²) in [6.07, 6.45) is -0.142. The molecule has 1 unspecified atom stereocenters. The second kappa shape index (κ2) is 6.81. The van der Waals surface area contributed by atoms with Crippen LogP contribution in [-0.4, -0.2) is 41.8 Å². The van der Waals surface area contributed by atoms with Gasteiger partial charge in [-0.05, 0) is 23.8 Å². The first kappa shape index (κ1) is 15.5. The van der Waals surface area contributed by atoms with Gasteiger partial charge in [0.25, 0.3) is 0 Å². The molecule has 1 aliphatic heterocycles. The molecule has 0 saturated carbocycles. The molecule has 0 bridgehead atoms. The van der Waals surface area contributed by atoms with Crippen molar-refractivity contribution in [2.75, 3.05) is 24.5 Å². The van der Waals surface area contributed by atoms with Gasteiger partial charge < -0.3 is 15.7 Å². The number of anilines is 1. The average molecular weight is 311 g/mol. The van der Waals surface area contributed by atoms with Gasteiger partial charge in [0.15, 0.2) is 0 Å². The predicted molar refractivity (Wildman–Crippen MR) is 90.4 cm³/mol. The second-order valence-electron chi connectivity index (χ2n) is 5.84. The van der Waals surface area contributed by atoms with Gasteiger partial charge in [-0.2, -0.15) is 0 Å². The number of hydrogen-bond donors (Lipinski definition) is 2. The van der Waals surface area contributed by atoms with Crippen molar-refractivity contribution < 1.29 is 9.90 Å². The van der Waals surface area contributed by atoms with E-state index in [1.165, 1.54) is 5.56 Å². The molecule has 0 spiro atoms. The van der Waals surface area contributed by atoms with E-state index in [4.69, 9.17) is 10.8 Å². The zero-order valence-corrected chi connectivity index (χ0v) is 12.9. The van der Waals surface area contributed by atoms with Gasteiger partial charge in [0.05, 0.1) is 11.7 Å². The van der Waals surface area contributed by atoms with E-state index >= 15 is 0 Å². The monoisotopic (exact) mass is 311 g/mol. The molecule has 3 rings (SSSR count). The van der Waals surface area contributed by atoms with Crippen LogP contribution in [0.1, 0.15) is 15.9 Å². The summed E-state index contributed by atoms with van der Waals surface area (Å²) >= 11 is 0. The van der Waals surface area contributed by atoms with Crippen LogP contribution in [0.2, 0.25) is 0 Å². The van der Waals surface area contributed by atoms with E-state index in [9.17, 15) is 4.79 Å². The molecule has 0 radical (unpaired) electrons. The summed E-state index contributed by atoms with van der Waals surface area (Å²) < 4.78 is 0. The maximum Gasteiger partial charge on any atom is 0.335 e. The molecule has 0 amide bonds. The standard InChI is InChI=1S/C18H21N3O2/c19-17-13-20(12-14-5-2-1-3-6-14)9-10-21(17)16-8-4-7-15(11-16)18(22)23/h1-8,11,17H,9-10,12-13,19H2,(H,22,23). The molecule has 3 N–H and O–H groups in total. The zero-order chi connectivity index (χ0) is 16.2. The minimum Gasteiger partial charge on any atom is -0.478 e. The van der Waals surface area contributed by atoms with E-state index in [1.54, 1.807) is 18.2 Å². The number of piperazine rings is 1. The molecule has 1 saturated heterocycles. The van der Waals surface area contributed by atoms with Gasteiger partial charge in [-0.3, -0.25) is 4.90 Å². The van der Waals surface area contributed by atoms with Crippen LogP contribution >= 0.6 is 0 Å². The zero-order valence-electron chi connectivity index (χ0n) is 12.9. The average Bonchev–Trinajstić information content (AvgIpc) is 2.56. The summed E-state index contributed by atoms with van der Waals surface area (Å²) in [6, 6.07) is 17.3. The lowest BCUT2D eigenvalue weighted by molar-refractivity contribution is 0.0697. The summed E-state index contributed by atoms with van der Waals surface area (Å²) in [7, 11) is 0. The number of benzene rings is 2. The smallest absolute Gasteiger partial charge is 0.335 e. The summed E-state index contributed by atoms with van der Waals surface area (Å²) in [5.74, 6) is -0.914. The molecule has 1 aliphatic rings. The van der Waals surface area contributed by atoms with Gasteiger partial charge in [-0.15, -0.1) is 0 Å². The highest BCUT2D eigenvalue weighted by molar-refractivity contribution is 5.88. The molecule has 120 valence electrons. The predicted octanol–water partition coefficient (Wildman–Crippen LogP) is 1.99. The van der Waals surface area contributed by atoms with Gasteiger partial charge in [-0.25, -0.2) is 4.79 Å². The first-order valence-corrected chi connectivity index (χ1v) is 7.75. The maximum absolute atomic E-state index is 11.1. The highest BCUT2D eigenvalue weighted by Gasteiger charge is 2.24.